The highest BCUT2D eigenvalue weighted by molar-refractivity contribution is 5.41. The monoisotopic (exact) mass is 271 g/mol. The number of hydrogen-bond donors (Lipinski definition) is 1. The maximum atomic E-state index is 5.85. The lowest BCUT2D eigenvalue weighted by Crippen LogP contribution is -2.02. The molecule has 0 atom stereocenters. The Hall–Kier alpha value is -2.10. The SMILES string of the molecule is CCCc1nc(NC)cc(Oc2ccc(C)c(C)c2)n1. The zero-order chi connectivity index (χ0) is 14.5. The van der Waals surface area contributed by atoms with Crippen LogP contribution in [0, 0.1) is 13.8 Å². The van der Waals surface area contributed by atoms with E-state index < -0.39 is 0 Å². The van der Waals surface area contributed by atoms with Crippen molar-refractivity contribution in [3.8, 4) is 11.6 Å². The van der Waals surface area contributed by atoms with Gasteiger partial charge in [0, 0.05) is 19.5 Å². The molecule has 106 valence electrons. The van der Waals surface area contributed by atoms with Crippen LogP contribution in [0.1, 0.15) is 30.3 Å². The fourth-order valence-corrected chi connectivity index (χ4v) is 1.89. The number of nitrogens with zero attached hydrogens (tertiary/aromatic N) is 2. The summed E-state index contributed by atoms with van der Waals surface area (Å²) in [6, 6.07) is 7.85. The zero-order valence-electron chi connectivity index (χ0n) is 12.5. The second kappa shape index (κ2) is 6.37. The highest BCUT2D eigenvalue weighted by Crippen LogP contribution is 2.24. The molecule has 0 saturated carbocycles. The molecule has 0 fully saturated rings. The molecular formula is C16H21N3O. The fraction of sp³-hybridized carbons (Fsp3) is 0.375. The summed E-state index contributed by atoms with van der Waals surface area (Å²) in [5.74, 6) is 2.97. The summed E-state index contributed by atoms with van der Waals surface area (Å²) in [6.07, 6.45) is 1.86. The van der Waals surface area contributed by atoms with Crippen molar-refractivity contribution in [1.82, 2.24) is 9.97 Å². The predicted octanol–water partition coefficient (Wildman–Crippen LogP) is 3.88. The maximum absolute atomic E-state index is 5.85. The Labute approximate surface area is 120 Å². The highest BCUT2D eigenvalue weighted by Gasteiger charge is 2.06. The summed E-state index contributed by atoms with van der Waals surface area (Å²) < 4.78 is 5.85. The van der Waals surface area contributed by atoms with Crippen molar-refractivity contribution in [2.75, 3.05) is 12.4 Å². The van der Waals surface area contributed by atoms with Gasteiger partial charge in [0.2, 0.25) is 5.88 Å². The van der Waals surface area contributed by atoms with Crippen LogP contribution < -0.4 is 10.1 Å². The van der Waals surface area contributed by atoms with Gasteiger partial charge < -0.3 is 10.1 Å². The van der Waals surface area contributed by atoms with E-state index in [1.807, 2.05) is 25.2 Å². The first-order valence-corrected chi connectivity index (χ1v) is 6.93. The molecule has 20 heavy (non-hydrogen) atoms. The second-order valence-corrected chi connectivity index (χ2v) is 4.86. The molecule has 1 aromatic heterocycles. The number of anilines is 1. The van der Waals surface area contributed by atoms with Crippen LogP contribution in [-0.2, 0) is 6.42 Å². The summed E-state index contributed by atoms with van der Waals surface area (Å²) in [4.78, 5) is 8.86. The average Bonchev–Trinajstić information content (AvgIpc) is 2.43. The Balaban J connectivity index is 2.27. The molecule has 1 aromatic carbocycles. The Bertz CT molecular complexity index is 596. The molecule has 0 spiro atoms. The molecule has 0 bridgehead atoms. The summed E-state index contributed by atoms with van der Waals surface area (Å²) in [5, 5.41) is 3.04. The Morgan fingerprint density at radius 2 is 1.90 bits per heavy atom. The number of hydrogen-bond acceptors (Lipinski definition) is 4. The summed E-state index contributed by atoms with van der Waals surface area (Å²) in [5.41, 5.74) is 2.46. The summed E-state index contributed by atoms with van der Waals surface area (Å²) in [7, 11) is 1.85. The maximum Gasteiger partial charge on any atom is 0.224 e. The van der Waals surface area contributed by atoms with Crippen LogP contribution in [0.4, 0.5) is 5.82 Å². The van der Waals surface area contributed by atoms with Crippen molar-refractivity contribution in [3.63, 3.8) is 0 Å². The van der Waals surface area contributed by atoms with E-state index in [0.717, 1.165) is 30.2 Å². The number of aryl methyl sites for hydroxylation is 3. The van der Waals surface area contributed by atoms with Gasteiger partial charge in [-0.2, -0.15) is 4.98 Å². The van der Waals surface area contributed by atoms with Crippen molar-refractivity contribution in [3.05, 3.63) is 41.2 Å². The Kier molecular flexibility index (Phi) is 4.56. The van der Waals surface area contributed by atoms with Crippen LogP contribution in [0.3, 0.4) is 0 Å². The zero-order valence-corrected chi connectivity index (χ0v) is 12.5. The van der Waals surface area contributed by atoms with Crippen molar-refractivity contribution in [2.45, 2.75) is 33.6 Å². The second-order valence-electron chi connectivity index (χ2n) is 4.86. The number of benzene rings is 1. The van der Waals surface area contributed by atoms with E-state index in [4.69, 9.17) is 4.74 Å². The topological polar surface area (TPSA) is 47.0 Å². The highest BCUT2D eigenvalue weighted by atomic mass is 16.5. The summed E-state index contributed by atoms with van der Waals surface area (Å²) in [6.45, 7) is 6.27. The van der Waals surface area contributed by atoms with Gasteiger partial charge in [0.25, 0.3) is 0 Å². The van der Waals surface area contributed by atoms with E-state index in [9.17, 15) is 0 Å². The minimum absolute atomic E-state index is 0.580. The smallest absolute Gasteiger partial charge is 0.224 e. The Morgan fingerprint density at radius 3 is 2.55 bits per heavy atom. The van der Waals surface area contributed by atoms with E-state index in [1.54, 1.807) is 0 Å². The van der Waals surface area contributed by atoms with E-state index >= 15 is 0 Å². The molecule has 4 heteroatoms. The van der Waals surface area contributed by atoms with Crippen LogP contribution in [0.2, 0.25) is 0 Å². The van der Waals surface area contributed by atoms with E-state index in [0.29, 0.717) is 5.88 Å². The number of nitrogens with one attached hydrogen (secondary N) is 1. The van der Waals surface area contributed by atoms with Gasteiger partial charge in [0.05, 0.1) is 0 Å². The third-order valence-electron chi connectivity index (χ3n) is 3.18. The molecule has 4 nitrogen and oxygen atoms in total. The number of rotatable bonds is 5. The molecule has 1 N–H and O–H groups in total. The third kappa shape index (κ3) is 3.47. The summed E-state index contributed by atoms with van der Waals surface area (Å²) >= 11 is 0. The number of ether oxygens (including phenoxy) is 1. The molecule has 0 aliphatic carbocycles. The number of aromatic nitrogens is 2. The first-order valence-electron chi connectivity index (χ1n) is 6.93. The van der Waals surface area contributed by atoms with Crippen LogP contribution in [0.5, 0.6) is 11.6 Å². The molecule has 2 rings (SSSR count). The van der Waals surface area contributed by atoms with Gasteiger partial charge in [-0.15, -0.1) is 0 Å². The largest absolute Gasteiger partial charge is 0.439 e. The predicted molar refractivity (Wildman–Crippen MR) is 81.6 cm³/mol. The molecule has 0 saturated heterocycles. The lowest BCUT2D eigenvalue weighted by molar-refractivity contribution is 0.458. The van der Waals surface area contributed by atoms with Crippen LogP contribution in [0.15, 0.2) is 24.3 Å². The standard InChI is InChI=1S/C16H21N3O/c1-5-6-14-18-15(17-4)10-16(19-14)20-13-8-7-11(2)12(3)9-13/h7-10H,5-6H2,1-4H3,(H,17,18,19). The average molecular weight is 271 g/mol. The normalized spacial score (nSPS) is 10.4. The molecular weight excluding hydrogens is 250 g/mol. The van der Waals surface area contributed by atoms with Crippen LogP contribution in [-0.4, -0.2) is 17.0 Å². The van der Waals surface area contributed by atoms with Crippen molar-refractivity contribution in [1.29, 1.82) is 0 Å². The van der Waals surface area contributed by atoms with Crippen molar-refractivity contribution < 1.29 is 4.74 Å². The van der Waals surface area contributed by atoms with Gasteiger partial charge in [-0.3, -0.25) is 0 Å². The lowest BCUT2D eigenvalue weighted by atomic mass is 10.1. The molecule has 0 radical (unpaired) electrons. The van der Waals surface area contributed by atoms with Gasteiger partial charge in [-0.05, 0) is 43.5 Å². The fourth-order valence-electron chi connectivity index (χ4n) is 1.89. The molecule has 0 unspecified atom stereocenters. The van der Waals surface area contributed by atoms with Gasteiger partial charge in [-0.1, -0.05) is 13.0 Å². The molecule has 1 heterocycles. The minimum atomic E-state index is 0.580. The first kappa shape index (κ1) is 14.3. The van der Waals surface area contributed by atoms with E-state index in [1.165, 1.54) is 11.1 Å². The van der Waals surface area contributed by atoms with Crippen molar-refractivity contribution >= 4 is 5.82 Å². The van der Waals surface area contributed by atoms with Crippen LogP contribution in [0.25, 0.3) is 0 Å². The lowest BCUT2D eigenvalue weighted by Gasteiger charge is -2.10. The molecule has 0 aliphatic rings. The Morgan fingerprint density at radius 1 is 1.10 bits per heavy atom. The van der Waals surface area contributed by atoms with E-state index in [2.05, 4.69) is 42.1 Å². The first-order chi connectivity index (χ1) is 9.62. The van der Waals surface area contributed by atoms with E-state index in [-0.39, 0.29) is 0 Å². The van der Waals surface area contributed by atoms with Crippen molar-refractivity contribution in [2.24, 2.45) is 0 Å². The van der Waals surface area contributed by atoms with Gasteiger partial charge >= 0.3 is 0 Å². The quantitative estimate of drug-likeness (QED) is 0.896. The minimum Gasteiger partial charge on any atom is -0.439 e. The molecule has 2 aromatic rings. The van der Waals surface area contributed by atoms with Crippen LogP contribution >= 0.6 is 0 Å². The van der Waals surface area contributed by atoms with Gasteiger partial charge in [0.15, 0.2) is 0 Å². The van der Waals surface area contributed by atoms with Gasteiger partial charge in [-0.25, -0.2) is 4.98 Å². The van der Waals surface area contributed by atoms with Gasteiger partial charge in [0.1, 0.15) is 17.4 Å². The molecule has 0 aliphatic heterocycles. The molecule has 0 amide bonds. The third-order valence-corrected chi connectivity index (χ3v) is 3.18.